The van der Waals surface area contributed by atoms with E-state index in [1.165, 1.54) is 4.90 Å². The second-order valence-corrected chi connectivity index (χ2v) is 4.63. The molecule has 1 aliphatic rings. The van der Waals surface area contributed by atoms with Crippen LogP contribution in [0, 0.1) is 0 Å². The molecule has 1 unspecified atom stereocenters. The van der Waals surface area contributed by atoms with E-state index < -0.39 is 12.0 Å². The molecule has 1 saturated heterocycles. The van der Waals surface area contributed by atoms with Crippen molar-refractivity contribution >= 4 is 11.9 Å². The van der Waals surface area contributed by atoms with E-state index in [1.54, 1.807) is 0 Å². The van der Waals surface area contributed by atoms with Gasteiger partial charge in [0.25, 0.3) is 0 Å². The molecule has 0 spiro atoms. The molecule has 1 aliphatic heterocycles. The Morgan fingerprint density at radius 3 is 2.76 bits per heavy atom. The molecule has 17 heavy (non-hydrogen) atoms. The molecule has 0 saturated carbocycles. The quantitative estimate of drug-likeness (QED) is 0.749. The number of carboxylic acid groups (broad SMARTS) is 1. The molecule has 1 amide bonds. The Morgan fingerprint density at radius 1 is 1.47 bits per heavy atom. The van der Waals surface area contributed by atoms with Gasteiger partial charge < -0.3 is 15.3 Å². The van der Waals surface area contributed by atoms with E-state index in [9.17, 15) is 9.59 Å². The smallest absolute Gasteiger partial charge is 0.326 e. The van der Waals surface area contributed by atoms with E-state index in [-0.39, 0.29) is 18.5 Å². The second-order valence-electron chi connectivity index (χ2n) is 4.63. The summed E-state index contributed by atoms with van der Waals surface area (Å²) in [5.74, 6) is -0.987. The minimum atomic E-state index is -0.887. The zero-order valence-electron chi connectivity index (χ0n) is 10.6. The van der Waals surface area contributed by atoms with Gasteiger partial charge in [-0.15, -0.1) is 0 Å². The number of hydrogen-bond donors (Lipinski definition) is 2. The number of carbonyl (C=O) groups excluding carboxylic acids is 1. The van der Waals surface area contributed by atoms with Crippen LogP contribution in [-0.2, 0) is 9.59 Å². The molecule has 2 atom stereocenters. The maximum Gasteiger partial charge on any atom is 0.326 e. The number of rotatable bonds is 5. The van der Waals surface area contributed by atoms with Gasteiger partial charge in [-0.25, -0.2) is 4.79 Å². The van der Waals surface area contributed by atoms with E-state index in [4.69, 9.17) is 5.11 Å². The summed E-state index contributed by atoms with van der Waals surface area (Å²) < 4.78 is 0. The van der Waals surface area contributed by atoms with Gasteiger partial charge in [0, 0.05) is 12.6 Å². The summed E-state index contributed by atoms with van der Waals surface area (Å²) in [5, 5.41) is 12.2. The largest absolute Gasteiger partial charge is 0.480 e. The fourth-order valence-electron chi connectivity index (χ4n) is 1.99. The molecule has 1 heterocycles. The Labute approximate surface area is 102 Å². The van der Waals surface area contributed by atoms with Crippen molar-refractivity contribution in [2.75, 3.05) is 13.1 Å². The molecule has 5 nitrogen and oxygen atoms in total. The average Bonchev–Trinajstić information content (AvgIpc) is 2.35. The van der Waals surface area contributed by atoms with Crippen LogP contribution in [0.5, 0.6) is 0 Å². The number of carbonyl (C=O) groups is 2. The van der Waals surface area contributed by atoms with Crippen molar-refractivity contribution in [3.05, 3.63) is 0 Å². The lowest BCUT2D eigenvalue weighted by Crippen LogP contribution is -2.51. The molecule has 5 heteroatoms. The van der Waals surface area contributed by atoms with Crippen molar-refractivity contribution in [1.82, 2.24) is 10.2 Å². The van der Waals surface area contributed by atoms with Gasteiger partial charge in [-0.2, -0.15) is 0 Å². The highest BCUT2D eigenvalue weighted by molar-refractivity contribution is 5.85. The third-order valence-electron chi connectivity index (χ3n) is 3.32. The van der Waals surface area contributed by atoms with Crippen LogP contribution in [-0.4, -0.2) is 47.1 Å². The molecular formula is C12H22N2O3. The monoisotopic (exact) mass is 242 g/mol. The Kier molecular flexibility index (Phi) is 5.41. The fourth-order valence-corrected chi connectivity index (χ4v) is 1.99. The van der Waals surface area contributed by atoms with Crippen molar-refractivity contribution in [2.24, 2.45) is 0 Å². The molecule has 0 aromatic carbocycles. The van der Waals surface area contributed by atoms with Crippen LogP contribution in [0.15, 0.2) is 0 Å². The number of nitrogens with zero attached hydrogens (tertiary/aromatic N) is 1. The SMILES string of the molecule is CCC(C)NCC(=O)N1CCCC[C@@H]1C(=O)O. The zero-order chi connectivity index (χ0) is 12.8. The number of hydrogen-bond acceptors (Lipinski definition) is 3. The van der Waals surface area contributed by atoms with Gasteiger partial charge in [0.2, 0.25) is 5.91 Å². The van der Waals surface area contributed by atoms with Crippen LogP contribution in [0.4, 0.5) is 0 Å². The van der Waals surface area contributed by atoms with E-state index >= 15 is 0 Å². The van der Waals surface area contributed by atoms with Gasteiger partial charge in [-0.3, -0.25) is 4.79 Å². The summed E-state index contributed by atoms with van der Waals surface area (Å²) in [4.78, 5) is 24.5. The summed E-state index contributed by atoms with van der Waals surface area (Å²) in [6, 6.07) is -0.345. The zero-order valence-corrected chi connectivity index (χ0v) is 10.6. The van der Waals surface area contributed by atoms with Crippen molar-refractivity contribution in [3.8, 4) is 0 Å². The van der Waals surface area contributed by atoms with Crippen molar-refractivity contribution in [2.45, 2.75) is 51.6 Å². The predicted octanol–water partition coefficient (Wildman–Crippen LogP) is 0.840. The second kappa shape index (κ2) is 6.59. The normalized spacial score (nSPS) is 22.2. The maximum atomic E-state index is 11.9. The van der Waals surface area contributed by atoms with Crippen LogP contribution in [0.3, 0.4) is 0 Å². The van der Waals surface area contributed by atoms with E-state index in [0.29, 0.717) is 13.0 Å². The standard InChI is InChI=1S/C12H22N2O3/c1-3-9(2)13-8-11(15)14-7-5-4-6-10(14)12(16)17/h9-10,13H,3-8H2,1-2H3,(H,16,17)/t9?,10-/m1/s1. The first kappa shape index (κ1) is 14.0. The van der Waals surface area contributed by atoms with Gasteiger partial charge in [0.05, 0.1) is 6.54 Å². The highest BCUT2D eigenvalue weighted by atomic mass is 16.4. The van der Waals surface area contributed by atoms with Gasteiger partial charge in [-0.05, 0) is 32.6 Å². The number of carboxylic acids is 1. The van der Waals surface area contributed by atoms with Gasteiger partial charge in [-0.1, -0.05) is 6.92 Å². The molecule has 1 fully saturated rings. The number of nitrogens with one attached hydrogen (secondary N) is 1. The molecule has 0 aromatic heterocycles. The Hall–Kier alpha value is -1.10. The van der Waals surface area contributed by atoms with Gasteiger partial charge in [0.1, 0.15) is 6.04 Å². The Morgan fingerprint density at radius 2 is 2.18 bits per heavy atom. The molecule has 1 rings (SSSR count). The Balaban J connectivity index is 2.50. The van der Waals surface area contributed by atoms with Crippen LogP contribution in [0.1, 0.15) is 39.5 Å². The molecule has 0 bridgehead atoms. The lowest BCUT2D eigenvalue weighted by atomic mass is 10.0. The minimum Gasteiger partial charge on any atom is -0.480 e. The van der Waals surface area contributed by atoms with Crippen LogP contribution in [0.2, 0.25) is 0 Å². The summed E-state index contributed by atoms with van der Waals surface area (Å²) in [5.41, 5.74) is 0. The fraction of sp³-hybridized carbons (Fsp3) is 0.833. The first-order valence-corrected chi connectivity index (χ1v) is 6.32. The van der Waals surface area contributed by atoms with Gasteiger partial charge in [0.15, 0.2) is 0 Å². The topological polar surface area (TPSA) is 69.6 Å². The molecule has 0 radical (unpaired) electrons. The molecule has 0 aliphatic carbocycles. The highest BCUT2D eigenvalue weighted by Gasteiger charge is 2.31. The highest BCUT2D eigenvalue weighted by Crippen LogP contribution is 2.17. The Bertz CT molecular complexity index is 281. The summed E-state index contributed by atoms with van der Waals surface area (Å²) >= 11 is 0. The molecular weight excluding hydrogens is 220 g/mol. The van der Waals surface area contributed by atoms with Crippen molar-refractivity contribution < 1.29 is 14.7 Å². The van der Waals surface area contributed by atoms with Crippen LogP contribution >= 0.6 is 0 Å². The number of likely N-dealkylation sites (tertiary alicyclic amines) is 1. The molecule has 2 N–H and O–H groups in total. The lowest BCUT2D eigenvalue weighted by Gasteiger charge is -2.33. The number of amides is 1. The van der Waals surface area contributed by atoms with Crippen LogP contribution < -0.4 is 5.32 Å². The van der Waals surface area contributed by atoms with E-state index in [0.717, 1.165) is 19.3 Å². The first-order valence-electron chi connectivity index (χ1n) is 6.32. The summed E-state index contributed by atoms with van der Waals surface area (Å²) in [7, 11) is 0. The maximum absolute atomic E-state index is 11.9. The first-order chi connectivity index (χ1) is 8.06. The molecule has 0 aromatic rings. The summed E-state index contributed by atoms with van der Waals surface area (Å²) in [6.45, 7) is 4.86. The number of piperidine rings is 1. The third-order valence-corrected chi connectivity index (χ3v) is 3.32. The van der Waals surface area contributed by atoms with E-state index in [1.807, 2.05) is 13.8 Å². The third kappa shape index (κ3) is 4.00. The van der Waals surface area contributed by atoms with E-state index in [2.05, 4.69) is 5.32 Å². The van der Waals surface area contributed by atoms with Crippen molar-refractivity contribution in [1.29, 1.82) is 0 Å². The number of aliphatic carboxylic acids is 1. The predicted molar refractivity (Wildman–Crippen MR) is 64.7 cm³/mol. The minimum absolute atomic E-state index is 0.0996. The molecule has 98 valence electrons. The average molecular weight is 242 g/mol. The van der Waals surface area contributed by atoms with Crippen LogP contribution in [0.25, 0.3) is 0 Å². The van der Waals surface area contributed by atoms with Crippen molar-refractivity contribution in [3.63, 3.8) is 0 Å². The van der Waals surface area contributed by atoms with Gasteiger partial charge >= 0.3 is 5.97 Å². The lowest BCUT2D eigenvalue weighted by molar-refractivity contribution is -0.151. The summed E-state index contributed by atoms with van der Waals surface area (Å²) in [6.07, 6.45) is 3.32.